The average molecular weight is 235 g/mol. The zero-order valence-electron chi connectivity index (χ0n) is 7.66. The molecule has 0 amide bonds. The van der Waals surface area contributed by atoms with Gasteiger partial charge in [0.05, 0.1) is 11.6 Å². The quantitative estimate of drug-likeness (QED) is 0.494. The lowest BCUT2D eigenvalue weighted by Gasteiger charge is -2.03. The first kappa shape index (κ1) is 11.7. The van der Waals surface area contributed by atoms with E-state index in [-0.39, 0.29) is 17.5 Å². The molecule has 0 aliphatic carbocycles. The molecule has 6 heteroatoms. The first-order valence-corrected chi connectivity index (χ1v) is 4.59. The fourth-order valence-electron chi connectivity index (χ4n) is 0.898. The van der Waals surface area contributed by atoms with Crippen LogP contribution in [0.5, 0.6) is 5.75 Å². The summed E-state index contributed by atoms with van der Waals surface area (Å²) in [6.07, 6.45) is 0. The van der Waals surface area contributed by atoms with E-state index in [1.165, 1.54) is 24.3 Å². The van der Waals surface area contributed by atoms with Crippen LogP contribution in [0.2, 0.25) is 0 Å². The van der Waals surface area contributed by atoms with Crippen LogP contribution in [0.3, 0.4) is 0 Å². The van der Waals surface area contributed by atoms with Crippen LogP contribution in [-0.4, -0.2) is 18.3 Å². The van der Waals surface area contributed by atoms with Gasteiger partial charge in [0.1, 0.15) is 11.6 Å². The Morgan fingerprint density at radius 2 is 2.00 bits per heavy atom. The summed E-state index contributed by atoms with van der Waals surface area (Å²) in [5.41, 5.74) is 5.93. The van der Waals surface area contributed by atoms with Crippen molar-refractivity contribution < 1.29 is 13.5 Å². The second-order valence-electron chi connectivity index (χ2n) is 2.61. The molecule has 0 aliphatic heterocycles. The first-order chi connectivity index (χ1) is 7.11. The summed E-state index contributed by atoms with van der Waals surface area (Å²) in [5.74, 6) is 0.461. The first-order valence-electron chi connectivity index (χ1n) is 4.05. The van der Waals surface area contributed by atoms with E-state index >= 15 is 0 Å². The Bertz CT molecular complexity index is 340. The van der Waals surface area contributed by atoms with Crippen molar-refractivity contribution in [2.24, 2.45) is 10.7 Å². The number of ether oxygens (including phenoxy) is 1. The highest BCUT2D eigenvalue weighted by molar-refractivity contribution is 6.28. The highest BCUT2D eigenvalue weighted by Gasteiger charge is 2.03. The van der Waals surface area contributed by atoms with Crippen molar-refractivity contribution in [2.45, 2.75) is 6.61 Å². The van der Waals surface area contributed by atoms with E-state index in [0.29, 0.717) is 5.69 Å². The molecule has 0 unspecified atom stereocenters. The molecule has 0 aromatic heterocycles. The SMILES string of the molecule is NC(CCl)=Nc1ccc(OC(F)F)cc1. The van der Waals surface area contributed by atoms with Crippen molar-refractivity contribution in [2.75, 3.05) is 5.88 Å². The number of benzene rings is 1. The summed E-state index contributed by atoms with van der Waals surface area (Å²) in [6, 6.07) is 5.78. The van der Waals surface area contributed by atoms with Gasteiger partial charge in [-0.1, -0.05) is 0 Å². The minimum Gasteiger partial charge on any atom is -0.435 e. The Labute approximate surface area is 90.5 Å². The molecule has 3 nitrogen and oxygen atoms in total. The molecular formula is C9H9ClF2N2O. The van der Waals surface area contributed by atoms with E-state index in [2.05, 4.69) is 9.73 Å². The van der Waals surface area contributed by atoms with Crippen molar-refractivity contribution >= 4 is 23.1 Å². The van der Waals surface area contributed by atoms with Crippen molar-refractivity contribution in [3.8, 4) is 5.75 Å². The highest BCUT2D eigenvalue weighted by Crippen LogP contribution is 2.19. The number of nitrogens with two attached hydrogens (primary N) is 1. The smallest absolute Gasteiger partial charge is 0.387 e. The summed E-state index contributed by atoms with van der Waals surface area (Å²) in [5, 5.41) is 0. The number of nitrogens with zero attached hydrogens (tertiary/aromatic N) is 1. The van der Waals surface area contributed by atoms with Crippen LogP contribution in [0.4, 0.5) is 14.5 Å². The maximum Gasteiger partial charge on any atom is 0.387 e. The van der Waals surface area contributed by atoms with Gasteiger partial charge < -0.3 is 10.5 Å². The maximum atomic E-state index is 11.8. The summed E-state index contributed by atoms with van der Waals surface area (Å²) >= 11 is 5.42. The molecule has 0 saturated heterocycles. The minimum atomic E-state index is -2.83. The number of alkyl halides is 3. The lowest BCUT2D eigenvalue weighted by Crippen LogP contribution is -2.12. The lowest BCUT2D eigenvalue weighted by atomic mass is 10.3. The normalized spacial score (nSPS) is 11.9. The second kappa shape index (κ2) is 5.50. The topological polar surface area (TPSA) is 47.6 Å². The van der Waals surface area contributed by atoms with Gasteiger partial charge >= 0.3 is 6.61 Å². The Morgan fingerprint density at radius 3 is 2.47 bits per heavy atom. The van der Waals surface area contributed by atoms with Crippen molar-refractivity contribution in [1.29, 1.82) is 0 Å². The monoisotopic (exact) mass is 234 g/mol. The fourth-order valence-corrected chi connectivity index (χ4v) is 0.958. The van der Waals surface area contributed by atoms with Crippen LogP contribution in [0.15, 0.2) is 29.3 Å². The number of aliphatic imine (C=N–C) groups is 1. The molecule has 0 saturated carbocycles. The van der Waals surface area contributed by atoms with E-state index in [1.54, 1.807) is 0 Å². The molecule has 1 aromatic rings. The third-order valence-electron chi connectivity index (χ3n) is 1.47. The van der Waals surface area contributed by atoms with Crippen LogP contribution >= 0.6 is 11.6 Å². The van der Waals surface area contributed by atoms with Crippen molar-refractivity contribution in [1.82, 2.24) is 0 Å². The summed E-state index contributed by atoms with van der Waals surface area (Å²) in [7, 11) is 0. The zero-order chi connectivity index (χ0) is 11.3. The Balaban J connectivity index is 2.72. The minimum absolute atomic E-state index is 0.0772. The average Bonchev–Trinajstić information content (AvgIpc) is 2.20. The van der Waals surface area contributed by atoms with Gasteiger partial charge in [0, 0.05) is 0 Å². The fraction of sp³-hybridized carbons (Fsp3) is 0.222. The third kappa shape index (κ3) is 4.12. The molecule has 0 fully saturated rings. The van der Waals surface area contributed by atoms with E-state index in [1.807, 2.05) is 0 Å². The highest BCUT2D eigenvalue weighted by atomic mass is 35.5. The largest absolute Gasteiger partial charge is 0.435 e. The molecule has 0 atom stereocenters. The van der Waals surface area contributed by atoms with E-state index in [9.17, 15) is 8.78 Å². The number of amidine groups is 1. The predicted molar refractivity (Wildman–Crippen MR) is 55.1 cm³/mol. The standard InChI is InChI=1S/C9H9ClF2N2O/c10-5-8(13)14-6-1-3-7(4-2-6)15-9(11)12/h1-4,9H,5H2,(H2,13,14). The molecule has 2 N–H and O–H groups in total. The van der Waals surface area contributed by atoms with E-state index in [0.717, 1.165) is 0 Å². The van der Waals surface area contributed by atoms with Gasteiger partial charge in [-0.15, -0.1) is 11.6 Å². The number of halogens is 3. The molecule has 1 rings (SSSR count). The zero-order valence-corrected chi connectivity index (χ0v) is 8.42. The van der Waals surface area contributed by atoms with Gasteiger partial charge in [-0.3, -0.25) is 0 Å². The Kier molecular flexibility index (Phi) is 4.30. The molecule has 0 bridgehead atoms. The molecule has 82 valence electrons. The van der Waals surface area contributed by atoms with Crippen molar-refractivity contribution in [3.63, 3.8) is 0 Å². The molecule has 0 radical (unpaired) electrons. The number of hydrogen-bond donors (Lipinski definition) is 1. The summed E-state index contributed by atoms with van der Waals surface area (Å²) in [4.78, 5) is 3.92. The van der Waals surface area contributed by atoms with Gasteiger partial charge in [-0.05, 0) is 24.3 Å². The molecular weight excluding hydrogens is 226 g/mol. The van der Waals surface area contributed by atoms with E-state index in [4.69, 9.17) is 17.3 Å². The summed E-state index contributed by atoms with van der Waals surface area (Å²) in [6.45, 7) is -2.83. The second-order valence-corrected chi connectivity index (χ2v) is 2.88. The van der Waals surface area contributed by atoms with Crippen LogP contribution in [0, 0.1) is 0 Å². The maximum absolute atomic E-state index is 11.8. The lowest BCUT2D eigenvalue weighted by molar-refractivity contribution is -0.0498. The molecule has 1 aromatic carbocycles. The molecule has 15 heavy (non-hydrogen) atoms. The van der Waals surface area contributed by atoms with Crippen LogP contribution in [0.1, 0.15) is 0 Å². The molecule has 0 spiro atoms. The van der Waals surface area contributed by atoms with Gasteiger partial charge in [0.2, 0.25) is 0 Å². The molecule has 0 heterocycles. The Morgan fingerprint density at radius 1 is 1.40 bits per heavy atom. The van der Waals surface area contributed by atoms with E-state index < -0.39 is 6.61 Å². The molecule has 0 aliphatic rings. The van der Waals surface area contributed by atoms with Gasteiger partial charge in [0.25, 0.3) is 0 Å². The van der Waals surface area contributed by atoms with Crippen LogP contribution in [0.25, 0.3) is 0 Å². The van der Waals surface area contributed by atoms with Crippen molar-refractivity contribution in [3.05, 3.63) is 24.3 Å². The predicted octanol–water partition coefficient (Wildman–Crippen LogP) is 2.52. The van der Waals surface area contributed by atoms with Gasteiger partial charge in [-0.2, -0.15) is 8.78 Å². The van der Waals surface area contributed by atoms with Crippen LogP contribution in [-0.2, 0) is 0 Å². The number of hydrogen-bond acceptors (Lipinski definition) is 2. The summed E-state index contributed by atoms with van der Waals surface area (Å²) < 4.78 is 27.8. The Hall–Kier alpha value is -1.36. The van der Waals surface area contributed by atoms with Gasteiger partial charge in [-0.25, -0.2) is 4.99 Å². The van der Waals surface area contributed by atoms with Gasteiger partial charge in [0.15, 0.2) is 0 Å². The van der Waals surface area contributed by atoms with Crippen LogP contribution < -0.4 is 10.5 Å². The number of rotatable bonds is 4. The third-order valence-corrected chi connectivity index (χ3v) is 1.75.